The Balaban J connectivity index is 4.13. The molecule has 0 unspecified atom stereocenters. The van der Waals surface area contributed by atoms with Crippen LogP contribution in [0.5, 0.6) is 0 Å². The summed E-state index contributed by atoms with van der Waals surface area (Å²) >= 11 is 0. The van der Waals surface area contributed by atoms with Gasteiger partial charge in [-0.3, -0.25) is 0 Å². The summed E-state index contributed by atoms with van der Waals surface area (Å²) < 4.78 is 28.7. The van der Waals surface area contributed by atoms with Crippen molar-refractivity contribution in [2.45, 2.75) is 13.0 Å². The van der Waals surface area contributed by atoms with Crippen molar-refractivity contribution < 1.29 is 13.5 Å². The predicted molar refractivity (Wildman–Crippen MR) is 48.2 cm³/mol. The lowest BCUT2D eigenvalue weighted by atomic mass is 10.2. The van der Waals surface area contributed by atoms with Gasteiger partial charge in [0.15, 0.2) is 0 Å². The maximum Gasteiger partial charge on any atom is 0.353 e. The van der Waals surface area contributed by atoms with Crippen LogP contribution in [-0.4, -0.2) is 12.7 Å². The molecular weight excluding hydrogens is 176 g/mol. The Hall–Kier alpha value is -1.16. The van der Waals surface area contributed by atoms with Crippen LogP contribution < -0.4 is 5.73 Å². The lowest BCUT2D eigenvalue weighted by molar-refractivity contribution is -0.217. The smallest absolute Gasteiger partial charge is 0.353 e. The molecule has 4 heteroatoms. The first-order valence-electron chi connectivity index (χ1n) is 3.71. The second-order valence-electron chi connectivity index (χ2n) is 2.43. The first-order valence-corrected chi connectivity index (χ1v) is 3.71. The van der Waals surface area contributed by atoms with Crippen LogP contribution in [0, 0.1) is 0 Å². The molecule has 0 aliphatic rings. The fourth-order valence-electron chi connectivity index (χ4n) is 0.637. The van der Waals surface area contributed by atoms with E-state index in [0.29, 0.717) is 12.5 Å². The van der Waals surface area contributed by atoms with E-state index in [1.165, 1.54) is 18.4 Å². The van der Waals surface area contributed by atoms with Crippen molar-refractivity contribution >= 4 is 0 Å². The summed E-state index contributed by atoms with van der Waals surface area (Å²) in [5, 5.41) is 0. The molecule has 0 radical (unpaired) electrons. The Morgan fingerprint density at radius 1 is 1.62 bits per heavy atom. The van der Waals surface area contributed by atoms with E-state index in [1.807, 2.05) is 0 Å². The molecule has 74 valence electrons. The molecule has 0 aromatic heterocycles. The topological polar surface area (TPSA) is 35.2 Å². The van der Waals surface area contributed by atoms with Gasteiger partial charge in [-0.25, -0.2) is 0 Å². The molecule has 0 atom stereocenters. The van der Waals surface area contributed by atoms with Gasteiger partial charge in [-0.05, 0) is 17.8 Å². The van der Waals surface area contributed by atoms with E-state index in [2.05, 4.69) is 11.3 Å². The van der Waals surface area contributed by atoms with Gasteiger partial charge in [0.1, 0.15) is 0 Å². The quantitative estimate of drug-likeness (QED) is 0.673. The van der Waals surface area contributed by atoms with Gasteiger partial charge in [0.25, 0.3) is 0 Å². The van der Waals surface area contributed by atoms with Crippen LogP contribution in [0.3, 0.4) is 0 Å². The van der Waals surface area contributed by atoms with Gasteiger partial charge >= 0.3 is 6.11 Å². The molecule has 0 spiro atoms. The Morgan fingerprint density at radius 3 is 2.62 bits per heavy atom. The highest BCUT2D eigenvalue weighted by molar-refractivity contribution is 5.22. The maximum absolute atomic E-state index is 12.2. The second kappa shape index (κ2) is 5.48. The SMILES string of the molecule is C=C/C=C(\C=C/N)COC(C)(F)F. The molecule has 0 aromatic carbocycles. The van der Waals surface area contributed by atoms with Gasteiger partial charge in [-0.1, -0.05) is 18.7 Å². The molecule has 13 heavy (non-hydrogen) atoms. The van der Waals surface area contributed by atoms with Gasteiger partial charge in [-0.2, -0.15) is 8.78 Å². The van der Waals surface area contributed by atoms with Crippen molar-refractivity contribution in [2.75, 3.05) is 6.61 Å². The number of hydrogen-bond donors (Lipinski definition) is 1. The summed E-state index contributed by atoms with van der Waals surface area (Å²) in [6.07, 6.45) is 2.64. The molecule has 0 heterocycles. The van der Waals surface area contributed by atoms with Crippen LogP contribution in [0.15, 0.2) is 36.6 Å². The Morgan fingerprint density at radius 2 is 2.23 bits per heavy atom. The number of ether oxygens (including phenoxy) is 1. The predicted octanol–water partition coefficient (Wildman–Crippen LogP) is 2.20. The molecule has 2 nitrogen and oxygen atoms in total. The van der Waals surface area contributed by atoms with Gasteiger partial charge in [0.2, 0.25) is 0 Å². The van der Waals surface area contributed by atoms with Crippen molar-refractivity contribution in [3.8, 4) is 0 Å². The van der Waals surface area contributed by atoms with Crippen LogP contribution in [-0.2, 0) is 4.74 Å². The van der Waals surface area contributed by atoms with E-state index < -0.39 is 6.11 Å². The van der Waals surface area contributed by atoms with E-state index in [0.717, 1.165) is 0 Å². The lowest BCUT2D eigenvalue weighted by Gasteiger charge is -2.11. The summed E-state index contributed by atoms with van der Waals surface area (Å²) in [4.78, 5) is 0. The van der Waals surface area contributed by atoms with E-state index in [-0.39, 0.29) is 6.61 Å². The monoisotopic (exact) mass is 189 g/mol. The standard InChI is InChI=1S/C9H13F2NO/c1-3-4-8(5-6-12)7-13-9(2,10)11/h3-6H,1,7,12H2,2H3/b6-5-,8-4+. The highest BCUT2D eigenvalue weighted by atomic mass is 19.3. The molecule has 0 saturated heterocycles. The van der Waals surface area contributed by atoms with Crippen LogP contribution in [0.2, 0.25) is 0 Å². The van der Waals surface area contributed by atoms with E-state index in [1.54, 1.807) is 6.08 Å². The zero-order chi connectivity index (χ0) is 10.3. The van der Waals surface area contributed by atoms with Gasteiger partial charge in [0, 0.05) is 6.92 Å². The minimum atomic E-state index is -3.12. The average molecular weight is 189 g/mol. The largest absolute Gasteiger partial charge is 0.405 e. The molecule has 0 saturated carbocycles. The summed E-state index contributed by atoms with van der Waals surface area (Å²) in [5.41, 5.74) is 5.64. The number of nitrogens with two attached hydrogens (primary N) is 1. The summed E-state index contributed by atoms with van der Waals surface area (Å²) in [5.74, 6) is 0. The maximum atomic E-state index is 12.2. The molecule has 0 bridgehead atoms. The van der Waals surface area contributed by atoms with Crippen LogP contribution in [0.4, 0.5) is 8.78 Å². The molecule has 0 rings (SSSR count). The van der Waals surface area contributed by atoms with E-state index >= 15 is 0 Å². The highest BCUT2D eigenvalue weighted by Crippen LogP contribution is 2.14. The molecule has 2 N–H and O–H groups in total. The Labute approximate surface area is 76.4 Å². The molecule has 0 fully saturated rings. The average Bonchev–Trinajstić information content (AvgIpc) is 2.00. The van der Waals surface area contributed by atoms with Gasteiger partial charge in [0.05, 0.1) is 6.61 Å². The first-order chi connectivity index (χ1) is 5.99. The number of alkyl halides is 2. The Kier molecular flexibility index (Phi) is 4.99. The summed E-state index contributed by atoms with van der Waals surface area (Å²) in [6, 6.07) is 0. The van der Waals surface area contributed by atoms with Crippen LogP contribution >= 0.6 is 0 Å². The third-order valence-corrected chi connectivity index (χ3v) is 1.13. The number of hydrogen-bond acceptors (Lipinski definition) is 2. The second-order valence-corrected chi connectivity index (χ2v) is 2.43. The zero-order valence-electron chi connectivity index (χ0n) is 7.47. The fraction of sp³-hybridized carbons (Fsp3) is 0.333. The molecule has 0 aliphatic carbocycles. The van der Waals surface area contributed by atoms with Crippen molar-refractivity contribution in [2.24, 2.45) is 5.73 Å². The minimum Gasteiger partial charge on any atom is -0.405 e. The number of halogens is 2. The molecule has 0 amide bonds. The molecular formula is C9H13F2NO. The van der Waals surface area contributed by atoms with E-state index in [9.17, 15) is 8.78 Å². The Bertz CT molecular complexity index is 216. The van der Waals surface area contributed by atoms with Crippen molar-refractivity contribution in [1.29, 1.82) is 0 Å². The first kappa shape index (κ1) is 11.8. The third kappa shape index (κ3) is 7.21. The molecule has 0 aliphatic heterocycles. The van der Waals surface area contributed by atoms with Crippen molar-refractivity contribution in [3.05, 3.63) is 36.6 Å². The number of allylic oxidation sites excluding steroid dienone is 2. The fourth-order valence-corrected chi connectivity index (χ4v) is 0.637. The minimum absolute atomic E-state index is 0.191. The summed E-state index contributed by atoms with van der Waals surface area (Å²) in [7, 11) is 0. The van der Waals surface area contributed by atoms with Crippen LogP contribution in [0.1, 0.15) is 6.92 Å². The van der Waals surface area contributed by atoms with Gasteiger partial charge < -0.3 is 10.5 Å². The van der Waals surface area contributed by atoms with Gasteiger partial charge in [-0.15, -0.1) is 0 Å². The summed E-state index contributed by atoms with van der Waals surface area (Å²) in [6.45, 7) is 3.93. The van der Waals surface area contributed by atoms with E-state index in [4.69, 9.17) is 5.73 Å². The molecule has 0 aromatic rings. The lowest BCUT2D eigenvalue weighted by Crippen LogP contribution is -2.16. The van der Waals surface area contributed by atoms with Crippen molar-refractivity contribution in [1.82, 2.24) is 0 Å². The number of rotatable bonds is 5. The highest BCUT2D eigenvalue weighted by Gasteiger charge is 2.21. The third-order valence-electron chi connectivity index (χ3n) is 1.13. The van der Waals surface area contributed by atoms with Crippen LogP contribution in [0.25, 0.3) is 0 Å². The zero-order valence-corrected chi connectivity index (χ0v) is 7.47. The normalized spacial score (nSPS) is 13.6. The van der Waals surface area contributed by atoms with Crippen molar-refractivity contribution in [3.63, 3.8) is 0 Å².